The first kappa shape index (κ1) is 8.26. The van der Waals surface area contributed by atoms with Crippen LogP contribution in [0.3, 0.4) is 0 Å². The van der Waals surface area contributed by atoms with Gasteiger partial charge in [-0.15, -0.1) is 0 Å². The molecule has 3 heteroatoms. The van der Waals surface area contributed by atoms with Crippen molar-refractivity contribution in [2.24, 2.45) is 5.73 Å². The molecule has 2 N–H and O–H groups in total. The summed E-state index contributed by atoms with van der Waals surface area (Å²) in [6, 6.07) is 4.21. The standard InChI is InChI=1S/C10H13N3/c1-8-6-9-2-4-13(5-3-11)10(9)12-7-8/h2,4,6-7H,3,5,11H2,1H3. The highest BCUT2D eigenvalue weighted by Crippen LogP contribution is 2.13. The van der Waals surface area contributed by atoms with Crippen molar-refractivity contribution in [3.05, 3.63) is 30.1 Å². The molecule has 2 aromatic rings. The molecule has 0 saturated heterocycles. The zero-order chi connectivity index (χ0) is 9.26. The molecule has 13 heavy (non-hydrogen) atoms. The first-order chi connectivity index (χ1) is 6.31. The summed E-state index contributed by atoms with van der Waals surface area (Å²) in [5.74, 6) is 0. The van der Waals surface area contributed by atoms with E-state index < -0.39 is 0 Å². The van der Waals surface area contributed by atoms with Crippen LogP contribution >= 0.6 is 0 Å². The van der Waals surface area contributed by atoms with Gasteiger partial charge < -0.3 is 10.3 Å². The average Bonchev–Trinajstić information content (AvgIpc) is 2.49. The van der Waals surface area contributed by atoms with Crippen molar-refractivity contribution in [1.29, 1.82) is 0 Å². The van der Waals surface area contributed by atoms with Crippen LogP contribution in [0.15, 0.2) is 24.5 Å². The number of aryl methyl sites for hydroxylation is 1. The SMILES string of the molecule is Cc1cnc2c(ccn2CCN)c1. The highest BCUT2D eigenvalue weighted by atomic mass is 15.0. The Labute approximate surface area is 77.2 Å². The summed E-state index contributed by atoms with van der Waals surface area (Å²) in [5, 5.41) is 1.19. The fraction of sp³-hybridized carbons (Fsp3) is 0.300. The topological polar surface area (TPSA) is 43.8 Å². The Morgan fingerprint density at radius 3 is 3.15 bits per heavy atom. The summed E-state index contributed by atoms with van der Waals surface area (Å²) in [5.41, 5.74) is 7.71. The molecule has 2 heterocycles. The fourth-order valence-electron chi connectivity index (χ4n) is 1.51. The second kappa shape index (κ2) is 3.18. The Bertz CT molecular complexity index is 417. The van der Waals surface area contributed by atoms with Crippen LogP contribution in [-0.4, -0.2) is 16.1 Å². The molecule has 2 aromatic heterocycles. The lowest BCUT2D eigenvalue weighted by Gasteiger charge is -2.01. The molecule has 0 fully saturated rings. The maximum absolute atomic E-state index is 5.49. The minimum Gasteiger partial charge on any atom is -0.331 e. The summed E-state index contributed by atoms with van der Waals surface area (Å²) in [7, 11) is 0. The highest BCUT2D eigenvalue weighted by Gasteiger charge is 2.00. The Hall–Kier alpha value is -1.35. The van der Waals surface area contributed by atoms with Gasteiger partial charge in [0.2, 0.25) is 0 Å². The molecule has 0 aliphatic rings. The van der Waals surface area contributed by atoms with E-state index in [2.05, 4.69) is 21.7 Å². The number of hydrogen-bond donors (Lipinski definition) is 1. The quantitative estimate of drug-likeness (QED) is 0.747. The molecule has 0 aliphatic heterocycles. The van der Waals surface area contributed by atoms with Crippen LogP contribution in [0.1, 0.15) is 5.56 Å². The van der Waals surface area contributed by atoms with Crippen LogP contribution in [-0.2, 0) is 6.54 Å². The number of rotatable bonds is 2. The third kappa shape index (κ3) is 1.42. The Balaban J connectivity index is 2.55. The molecule has 0 amide bonds. The largest absolute Gasteiger partial charge is 0.331 e. The highest BCUT2D eigenvalue weighted by molar-refractivity contribution is 5.76. The molecular formula is C10H13N3. The lowest BCUT2D eigenvalue weighted by Crippen LogP contribution is -2.09. The second-order valence-electron chi connectivity index (χ2n) is 3.22. The molecule has 0 aromatic carbocycles. The van der Waals surface area contributed by atoms with Crippen molar-refractivity contribution in [2.75, 3.05) is 6.54 Å². The zero-order valence-electron chi connectivity index (χ0n) is 7.70. The van der Waals surface area contributed by atoms with Gasteiger partial charge >= 0.3 is 0 Å². The molecule has 68 valence electrons. The van der Waals surface area contributed by atoms with Crippen LogP contribution in [0, 0.1) is 6.92 Å². The number of nitrogens with two attached hydrogens (primary N) is 1. The third-order valence-electron chi connectivity index (χ3n) is 2.11. The molecule has 2 rings (SSSR count). The summed E-state index contributed by atoms with van der Waals surface area (Å²) >= 11 is 0. The van der Waals surface area contributed by atoms with Crippen molar-refractivity contribution >= 4 is 11.0 Å². The number of fused-ring (bicyclic) bond motifs is 1. The molecule has 0 bridgehead atoms. The van der Waals surface area contributed by atoms with Gasteiger partial charge in [-0.05, 0) is 24.6 Å². The van der Waals surface area contributed by atoms with Crippen molar-refractivity contribution in [2.45, 2.75) is 13.5 Å². The average molecular weight is 175 g/mol. The van der Waals surface area contributed by atoms with E-state index in [4.69, 9.17) is 5.73 Å². The van der Waals surface area contributed by atoms with Crippen LogP contribution in [0.25, 0.3) is 11.0 Å². The Morgan fingerprint density at radius 2 is 2.38 bits per heavy atom. The van der Waals surface area contributed by atoms with E-state index in [0.29, 0.717) is 6.54 Å². The van der Waals surface area contributed by atoms with Crippen molar-refractivity contribution in [3.8, 4) is 0 Å². The summed E-state index contributed by atoms with van der Waals surface area (Å²) in [6.45, 7) is 3.53. The monoisotopic (exact) mass is 175 g/mol. The minimum atomic E-state index is 0.652. The predicted octanol–water partition coefficient (Wildman–Crippen LogP) is 1.30. The maximum Gasteiger partial charge on any atom is 0.139 e. The van der Waals surface area contributed by atoms with E-state index in [1.807, 2.05) is 19.3 Å². The maximum atomic E-state index is 5.49. The van der Waals surface area contributed by atoms with Gasteiger partial charge in [-0.1, -0.05) is 0 Å². The number of pyridine rings is 1. The molecule has 0 atom stereocenters. The van der Waals surface area contributed by atoms with Crippen molar-refractivity contribution < 1.29 is 0 Å². The van der Waals surface area contributed by atoms with Gasteiger partial charge in [0.1, 0.15) is 5.65 Å². The number of nitrogens with zero attached hydrogens (tertiary/aromatic N) is 2. The van der Waals surface area contributed by atoms with Gasteiger partial charge in [-0.25, -0.2) is 4.98 Å². The fourth-order valence-corrected chi connectivity index (χ4v) is 1.51. The van der Waals surface area contributed by atoms with Gasteiger partial charge in [-0.3, -0.25) is 0 Å². The van der Waals surface area contributed by atoms with Gasteiger partial charge in [0.15, 0.2) is 0 Å². The van der Waals surface area contributed by atoms with E-state index in [1.54, 1.807) is 0 Å². The van der Waals surface area contributed by atoms with E-state index >= 15 is 0 Å². The van der Waals surface area contributed by atoms with Gasteiger partial charge in [0, 0.05) is 30.9 Å². The van der Waals surface area contributed by atoms with Crippen LogP contribution < -0.4 is 5.73 Å². The smallest absolute Gasteiger partial charge is 0.139 e. The van der Waals surface area contributed by atoms with E-state index in [9.17, 15) is 0 Å². The lowest BCUT2D eigenvalue weighted by atomic mass is 10.2. The van der Waals surface area contributed by atoms with E-state index in [-0.39, 0.29) is 0 Å². The molecule has 0 spiro atoms. The third-order valence-corrected chi connectivity index (χ3v) is 2.11. The Morgan fingerprint density at radius 1 is 1.54 bits per heavy atom. The van der Waals surface area contributed by atoms with Gasteiger partial charge in [0.05, 0.1) is 0 Å². The molecule has 0 radical (unpaired) electrons. The Kier molecular flexibility index (Phi) is 2.02. The number of hydrogen-bond acceptors (Lipinski definition) is 2. The lowest BCUT2D eigenvalue weighted by molar-refractivity contribution is 0.728. The van der Waals surface area contributed by atoms with Gasteiger partial charge in [-0.2, -0.15) is 0 Å². The molecule has 0 aliphatic carbocycles. The summed E-state index contributed by atoms with van der Waals surface area (Å²) < 4.78 is 2.08. The van der Waals surface area contributed by atoms with E-state index in [0.717, 1.165) is 12.2 Å². The molecule has 0 saturated carbocycles. The normalized spacial score (nSPS) is 10.9. The van der Waals surface area contributed by atoms with Crippen molar-refractivity contribution in [1.82, 2.24) is 9.55 Å². The molecular weight excluding hydrogens is 162 g/mol. The van der Waals surface area contributed by atoms with Crippen LogP contribution in [0.5, 0.6) is 0 Å². The summed E-state index contributed by atoms with van der Waals surface area (Å²) in [6.07, 6.45) is 3.92. The minimum absolute atomic E-state index is 0.652. The second-order valence-corrected chi connectivity index (χ2v) is 3.22. The van der Waals surface area contributed by atoms with Crippen molar-refractivity contribution in [3.63, 3.8) is 0 Å². The molecule has 3 nitrogen and oxygen atoms in total. The van der Waals surface area contributed by atoms with Crippen LogP contribution in [0.2, 0.25) is 0 Å². The van der Waals surface area contributed by atoms with E-state index in [1.165, 1.54) is 10.9 Å². The number of aromatic nitrogens is 2. The van der Waals surface area contributed by atoms with Gasteiger partial charge in [0.25, 0.3) is 0 Å². The predicted molar refractivity (Wildman–Crippen MR) is 53.5 cm³/mol. The first-order valence-corrected chi connectivity index (χ1v) is 4.43. The van der Waals surface area contributed by atoms with Crippen LogP contribution in [0.4, 0.5) is 0 Å². The molecule has 0 unspecified atom stereocenters. The zero-order valence-corrected chi connectivity index (χ0v) is 7.70. The first-order valence-electron chi connectivity index (χ1n) is 4.43. The summed E-state index contributed by atoms with van der Waals surface area (Å²) in [4.78, 5) is 4.37.